The number of sulfone groups is 1. The lowest BCUT2D eigenvalue weighted by atomic mass is 10.2. The van der Waals surface area contributed by atoms with Gasteiger partial charge in [0.2, 0.25) is 0 Å². The fraction of sp³-hybridized carbons (Fsp3) is 0.786. The summed E-state index contributed by atoms with van der Waals surface area (Å²) in [6.07, 6.45) is 6.65. The molecule has 2 rings (SSSR count). The highest BCUT2D eigenvalue weighted by Crippen LogP contribution is 2.23. The van der Waals surface area contributed by atoms with E-state index in [0.717, 1.165) is 25.9 Å². The molecule has 1 aromatic heterocycles. The van der Waals surface area contributed by atoms with Gasteiger partial charge >= 0.3 is 0 Å². The van der Waals surface area contributed by atoms with Crippen LogP contribution in [0.2, 0.25) is 0 Å². The number of hydrogen-bond donors (Lipinski definition) is 1. The van der Waals surface area contributed by atoms with Crippen molar-refractivity contribution in [3.05, 3.63) is 18.0 Å². The van der Waals surface area contributed by atoms with Crippen LogP contribution < -0.4 is 5.32 Å². The van der Waals surface area contributed by atoms with E-state index >= 15 is 0 Å². The van der Waals surface area contributed by atoms with Crippen LogP contribution >= 0.6 is 0 Å². The van der Waals surface area contributed by atoms with Crippen LogP contribution in [0.1, 0.15) is 38.3 Å². The molecular formula is C14H25N3O2S. The van der Waals surface area contributed by atoms with Gasteiger partial charge in [-0.3, -0.25) is 4.68 Å². The van der Waals surface area contributed by atoms with E-state index < -0.39 is 9.84 Å². The van der Waals surface area contributed by atoms with E-state index in [0.29, 0.717) is 18.1 Å². The number of nitrogens with zero attached hydrogens (tertiary/aromatic N) is 2. The van der Waals surface area contributed by atoms with Crippen molar-refractivity contribution in [2.24, 2.45) is 5.92 Å². The zero-order chi connectivity index (χ0) is 14.6. The van der Waals surface area contributed by atoms with Crippen molar-refractivity contribution in [1.82, 2.24) is 15.1 Å². The van der Waals surface area contributed by atoms with Crippen LogP contribution in [0.5, 0.6) is 0 Å². The Bertz CT molecular complexity index is 522. The Labute approximate surface area is 121 Å². The maximum absolute atomic E-state index is 11.5. The van der Waals surface area contributed by atoms with Gasteiger partial charge in [-0.15, -0.1) is 0 Å². The zero-order valence-electron chi connectivity index (χ0n) is 12.4. The lowest BCUT2D eigenvalue weighted by molar-refractivity contribution is 0.499. The lowest BCUT2D eigenvalue weighted by Crippen LogP contribution is -2.21. The first-order valence-corrected chi connectivity index (χ1v) is 9.22. The van der Waals surface area contributed by atoms with Gasteiger partial charge in [0.05, 0.1) is 23.7 Å². The lowest BCUT2D eigenvalue weighted by Gasteiger charge is -2.07. The largest absolute Gasteiger partial charge is 0.316 e. The highest BCUT2D eigenvalue weighted by Gasteiger charge is 2.29. The molecule has 114 valence electrons. The minimum atomic E-state index is -2.84. The molecule has 1 aliphatic rings. The quantitative estimate of drug-likeness (QED) is 0.774. The topological polar surface area (TPSA) is 64.0 Å². The minimum absolute atomic E-state index is 0.0350. The molecule has 0 aliphatic carbocycles. The summed E-state index contributed by atoms with van der Waals surface area (Å²) in [6.45, 7) is 6.47. The maximum atomic E-state index is 11.5. The second-order valence-corrected chi connectivity index (χ2v) is 8.32. The third-order valence-electron chi connectivity index (χ3n) is 3.61. The molecule has 1 aliphatic heterocycles. The molecule has 0 bridgehead atoms. The predicted octanol–water partition coefficient (Wildman–Crippen LogP) is 1.42. The van der Waals surface area contributed by atoms with E-state index in [9.17, 15) is 8.42 Å². The van der Waals surface area contributed by atoms with Gasteiger partial charge in [0, 0.05) is 6.20 Å². The molecule has 1 unspecified atom stereocenters. The molecular weight excluding hydrogens is 274 g/mol. The number of rotatable bonds is 7. The fourth-order valence-corrected chi connectivity index (χ4v) is 4.20. The summed E-state index contributed by atoms with van der Waals surface area (Å²) in [4.78, 5) is 0. The van der Waals surface area contributed by atoms with E-state index in [2.05, 4.69) is 24.3 Å². The molecule has 0 aromatic carbocycles. The molecule has 20 heavy (non-hydrogen) atoms. The maximum Gasteiger partial charge on any atom is 0.152 e. The summed E-state index contributed by atoms with van der Waals surface area (Å²) in [5, 5.41) is 7.74. The molecule has 6 heteroatoms. The number of aryl methyl sites for hydroxylation is 1. The van der Waals surface area contributed by atoms with Crippen LogP contribution in [0, 0.1) is 5.92 Å². The van der Waals surface area contributed by atoms with E-state index in [-0.39, 0.29) is 11.8 Å². The van der Waals surface area contributed by atoms with Crippen molar-refractivity contribution in [3.8, 4) is 0 Å². The number of hydrogen-bond acceptors (Lipinski definition) is 4. The van der Waals surface area contributed by atoms with Crippen LogP contribution in [0.4, 0.5) is 0 Å². The van der Waals surface area contributed by atoms with Crippen molar-refractivity contribution in [3.63, 3.8) is 0 Å². The van der Waals surface area contributed by atoms with Crippen molar-refractivity contribution >= 4 is 9.84 Å². The van der Waals surface area contributed by atoms with Crippen LogP contribution in [-0.2, 0) is 16.3 Å². The third-order valence-corrected chi connectivity index (χ3v) is 5.36. The second-order valence-electron chi connectivity index (χ2n) is 6.09. The molecule has 0 spiro atoms. The van der Waals surface area contributed by atoms with E-state index in [1.807, 2.05) is 17.1 Å². The fourth-order valence-electron chi connectivity index (χ4n) is 2.50. The standard InChI is InChI=1S/C14H25N3O2S/c1-12(2)8-15-6-3-4-13-9-16-17(10-13)14-5-7-20(18,19)11-14/h9-10,12,14-15H,3-8,11H2,1-2H3. The Kier molecular flexibility index (Phi) is 5.21. The summed E-state index contributed by atoms with van der Waals surface area (Å²) in [5.41, 5.74) is 1.20. The molecule has 0 radical (unpaired) electrons. The molecule has 1 saturated heterocycles. The molecule has 5 nitrogen and oxygen atoms in total. The smallest absolute Gasteiger partial charge is 0.152 e. The zero-order valence-corrected chi connectivity index (χ0v) is 13.2. The summed E-state index contributed by atoms with van der Waals surface area (Å²) < 4.78 is 24.8. The average Bonchev–Trinajstić information content (AvgIpc) is 2.95. The second kappa shape index (κ2) is 6.72. The molecule has 1 fully saturated rings. The Morgan fingerprint density at radius 1 is 1.50 bits per heavy atom. The minimum Gasteiger partial charge on any atom is -0.316 e. The van der Waals surface area contributed by atoms with Crippen LogP contribution in [0.15, 0.2) is 12.4 Å². The Balaban J connectivity index is 1.75. The van der Waals surface area contributed by atoms with Crippen LogP contribution in [-0.4, -0.2) is 42.8 Å². The highest BCUT2D eigenvalue weighted by molar-refractivity contribution is 7.91. The van der Waals surface area contributed by atoms with Gasteiger partial charge in [-0.2, -0.15) is 5.10 Å². The normalized spacial score (nSPS) is 21.6. The summed E-state index contributed by atoms with van der Waals surface area (Å²) in [7, 11) is -2.84. The first-order valence-electron chi connectivity index (χ1n) is 7.40. The molecule has 1 atom stereocenters. The third kappa shape index (κ3) is 4.59. The SMILES string of the molecule is CC(C)CNCCCc1cnn(C2CCS(=O)(=O)C2)c1. The summed E-state index contributed by atoms with van der Waals surface area (Å²) in [5.74, 6) is 1.22. The summed E-state index contributed by atoms with van der Waals surface area (Å²) in [6, 6.07) is 0.0350. The first-order chi connectivity index (χ1) is 9.46. The van der Waals surface area contributed by atoms with Gasteiger partial charge in [0.25, 0.3) is 0 Å². The van der Waals surface area contributed by atoms with Gasteiger partial charge in [-0.05, 0) is 43.8 Å². The van der Waals surface area contributed by atoms with Gasteiger partial charge < -0.3 is 5.32 Å². The average molecular weight is 299 g/mol. The molecule has 1 aromatic rings. The van der Waals surface area contributed by atoms with Gasteiger partial charge in [-0.1, -0.05) is 13.8 Å². The van der Waals surface area contributed by atoms with Crippen molar-refractivity contribution in [1.29, 1.82) is 0 Å². The van der Waals surface area contributed by atoms with Crippen LogP contribution in [0.25, 0.3) is 0 Å². The number of nitrogens with one attached hydrogen (secondary N) is 1. The monoisotopic (exact) mass is 299 g/mol. The Morgan fingerprint density at radius 3 is 2.95 bits per heavy atom. The highest BCUT2D eigenvalue weighted by atomic mass is 32.2. The van der Waals surface area contributed by atoms with E-state index in [1.165, 1.54) is 5.56 Å². The van der Waals surface area contributed by atoms with Gasteiger partial charge in [0.15, 0.2) is 9.84 Å². The first kappa shape index (κ1) is 15.5. The number of aromatic nitrogens is 2. The van der Waals surface area contributed by atoms with Gasteiger partial charge in [0.1, 0.15) is 0 Å². The van der Waals surface area contributed by atoms with Crippen molar-refractivity contribution < 1.29 is 8.42 Å². The van der Waals surface area contributed by atoms with Crippen molar-refractivity contribution in [2.75, 3.05) is 24.6 Å². The Morgan fingerprint density at radius 2 is 2.30 bits per heavy atom. The molecule has 0 saturated carbocycles. The van der Waals surface area contributed by atoms with E-state index in [1.54, 1.807) is 0 Å². The molecule has 1 N–H and O–H groups in total. The van der Waals surface area contributed by atoms with Crippen molar-refractivity contribution in [2.45, 2.75) is 39.2 Å². The predicted molar refractivity (Wildman–Crippen MR) is 80.6 cm³/mol. The van der Waals surface area contributed by atoms with Gasteiger partial charge in [-0.25, -0.2) is 8.42 Å². The molecule has 0 amide bonds. The summed E-state index contributed by atoms with van der Waals surface area (Å²) >= 11 is 0. The Hall–Kier alpha value is -0.880. The molecule has 2 heterocycles. The van der Waals surface area contributed by atoms with E-state index in [4.69, 9.17) is 0 Å². The van der Waals surface area contributed by atoms with Crippen LogP contribution in [0.3, 0.4) is 0 Å².